The molecule has 8 nitrogen and oxygen atoms in total. The smallest absolute Gasteiger partial charge is 0.352 e. The quantitative estimate of drug-likeness (QED) is 0.507. The van der Waals surface area contributed by atoms with Crippen LogP contribution in [-0.4, -0.2) is 20.3 Å². The zero-order valence-corrected chi connectivity index (χ0v) is 17.7. The van der Waals surface area contributed by atoms with Crippen molar-refractivity contribution in [2.45, 2.75) is 26.9 Å². The molecule has 0 aliphatic carbocycles. The normalized spacial score (nSPS) is 10.8. The number of nitrogens with one attached hydrogen (secondary N) is 1. The highest BCUT2D eigenvalue weighted by Crippen LogP contribution is 2.11. The Morgan fingerprint density at radius 2 is 1.72 bits per heavy atom. The summed E-state index contributed by atoms with van der Waals surface area (Å²) in [6.45, 7) is 3.91. The van der Waals surface area contributed by atoms with Crippen molar-refractivity contribution in [3.05, 3.63) is 116 Å². The molecule has 4 rings (SSSR count). The minimum absolute atomic E-state index is 0.0181. The van der Waals surface area contributed by atoms with E-state index in [4.69, 9.17) is 4.42 Å². The number of carbonyl (C=O) groups excluding carboxylic acids is 1. The van der Waals surface area contributed by atoms with Crippen LogP contribution in [0.15, 0.2) is 80.9 Å². The van der Waals surface area contributed by atoms with Gasteiger partial charge in [-0.25, -0.2) is 4.79 Å². The molecule has 0 bridgehead atoms. The Balaban J connectivity index is 1.83. The van der Waals surface area contributed by atoms with Crippen LogP contribution in [0.25, 0.3) is 5.69 Å². The monoisotopic (exact) mass is 430 g/mol. The van der Waals surface area contributed by atoms with Crippen LogP contribution in [0.4, 0.5) is 0 Å². The molecule has 4 aromatic rings. The van der Waals surface area contributed by atoms with Crippen molar-refractivity contribution in [1.29, 1.82) is 0 Å². The van der Waals surface area contributed by atoms with Gasteiger partial charge in [-0.05, 0) is 54.8 Å². The predicted molar refractivity (Wildman–Crippen MR) is 119 cm³/mol. The highest BCUT2D eigenvalue weighted by molar-refractivity contribution is 5.91. The molecule has 0 atom stereocenters. The lowest BCUT2D eigenvalue weighted by atomic mass is 10.1. The lowest BCUT2D eigenvalue weighted by Gasteiger charge is -2.13. The number of aryl methyl sites for hydroxylation is 2. The molecule has 2 aromatic carbocycles. The maximum absolute atomic E-state index is 13.3. The SMILES string of the molecule is Cc1cc(C)cc(-n2nc(C(=O)NCc3ccco3)c(=O)n(Cc3ccccc3)c2=O)c1. The van der Waals surface area contributed by atoms with Gasteiger partial charge in [0.25, 0.3) is 11.5 Å². The molecule has 32 heavy (non-hydrogen) atoms. The van der Waals surface area contributed by atoms with Gasteiger partial charge in [0.15, 0.2) is 0 Å². The Kier molecular flexibility index (Phi) is 5.85. The number of carbonyl (C=O) groups is 1. The molecule has 0 aliphatic rings. The summed E-state index contributed by atoms with van der Waals surface area (Å²) >= 11 is 0. The van der Waals surface area contributed by atoms with E-state index in [1.165, 1.54) is 6.26 Å². The summed E-state index contributed by atoms with van der Waals surface area (Å²) in [4.78, 5) is 39.2. The Morgan fingerprint density at radius 3 is 2.38 bits per heavy atom. The van der Waals surface area contributed by atoms with Gasteiger partial charge >= 0.3 is 5.69 Å². The molecule has 0 fully saturated rings. The lowest BCUT2D eigenvalue weighted by molar-refractivity contribution is 0.0938. The number of hydrogen-bond acceptors (Lipinski definition) is 5. The first-order valence-electron chi connectivity index (χ1n) is 10.1. The van der Waals surface area contributed by atoms with Crippen molar-refractivity contribution in [3.8, 4) is 5.69 Å². The number of benzene rings is 2. The summed E-state index contributed by atoms with van der Waals surface area (Å²) in [7, 11) is 0. The molecule has 1 amide bonds. The average molecular weight is 430 g/mol. The van der Waals surface area contributed by atoms with Crippen LogP contribution in [0.5, 0.6) is 0 Å². The molecule has 0 unspecified atom stereocenters. The third kappa shape index (κ3) is 4.44. The largest absolute Gasteiger partial charge is 0.467 e. The van der Waals surface area contributed by atoms with Gasteiger partial charge in [-0.2, -0.15) is 9.78 Å². The molecular weight excluding hydrogens is 408 g/mol. The first-order chi connectivity index (χ1) is 15.4. The molecule has 8 heteroatoms. The highest BCUT2D eigenvalue weighted by atomic mass is 16.3. The Labute approximate surface area is 183 Å². The first-order valence-corrected chi connectivity index (χ1v) is 10.1. The van der Waals surface area contributed by atoms with Crippen LogP contribution in [-0.2, 0) is 13.1 Å². The van der Waals surface area contributed by atoms with Gasteiger partial charge in [0.2, 0.25) is 5.69 Å². The number of hydrogen-bond donors (Lipinski definition) is 1. The summed E-state index contributed by atoms with van der Waals surface area (Å²) in [5.74, 6) is -0.156. The molecule has 0 radical (unpaired) electrons. The van der Waals surface area contributed by atoms with E-state index in [0.717, 1.165) is 25.9 Å². The van der Waals surface area contributed by atoms with Crippen LogP contribution in [0.3, 0.4) is 0 Å². The van der Waals surface area contributed by atoms with E-state index in [2.05, 4.69) is 10.4 Å². The second kappa shape index (κ2) is 8.89. The standard InChI is InChI=1S/C24H22N4O4/c1-16-11-17(2)13-19(12-16)28-24(31)27(15-18-7-4-3-5-8-18)23(30)21(26-28)22(29)25-14-20-9-6-10-32-20/h3-13H,14-15H2,1-2H3,(H,25,29). The van der Waals surface area contributed by atoms with E-state index in [1.54, 1.807) is 24.3 Å². The van der Waals surface area contributed by atoms with Gasteiger partial charge in [0.1, 0.15) is 5.76 Å². The number of furan rings is 1. The summed E-state index contributed by atoms with van der Waals surface area (Å²) in [6, 6.07) is 18.0. The molecule has 162 valence electrons. The second-order valence-electron chi connectivity index (χ2n) is 7.53. The van der Waals surface area contributed by atoms with Crippen LogP contribution in [0.1, 0.15) is 32.9 Å². The summed E-state index contributed by atoms with van der Waals surface area (Å²) < 4.78 is 7.35. The van der Waals surface area contributed by atoms with Crippen LogP contribution in [0.2, 0.25) is 0 Å². The second-order valence-corrected chi connectivity index (χ2v) is 7.53. The lowest BCUT2D eigenvalue weighted by Crippen LogP contribution is -2.46. The molecule has 2 heterocycles. The van der Waals surface area contributed by atoms with Gasteiger partial charge in [0, 0.05) is 0 Å². The third-order valence-corrected chi connectivity index (χ3v) is 4.91. The molecule has 0 saturated heterocycles. The summed E-state index contributed by atoms with van der Waals surface area (Å²) in [5.41, 5.74) is 1.35. The van der Waals surface area contributed by atoms with Crippen molar-refractivity contribution in [3.63, 3.8) is 0 Å². The van der Waals surface area contributed by atoms with E-state index in [-0.39, 0.29) is 18.8 Å². The third-order valence-electron chi connectivity index (χ3n) is 4.91. The van der Waals surface area contributed by atoms with E-state index in [1.807, 2.05) is 50.2 Å². The van der Waals surface area contributed by atoms with E-state index in [0.29, 0.717) is 11.4 Å². The fourth-order valence-electron chi connectivity index (χ4n) is 3.47. The van der Waals surface area contributed by atoms with E-state index in [9.17, 15) is 14.4 Å². The molecule has 2 aromatic heterocycles. The van der Waals surface area contributed by atoms with Gasteiger partial charge in [-0.3, -0.25) is 14.2 Å². The fourth-order valence-corrected chi connectivity index (χ4v) is 3.47. The van der Waals surface area contributed by atoms with Crippen LogP contribution < -0.4 is 16.6 Å². The Morgan fingerprint density at radius 1 is 1.00 bits per heavy atom. The maximum atomic E-state index is 13.3. The molecule has 0 aliphatic heterocycles. The first kappa shape index (κ1) is 21.0. The average Bonchev–Trinajstić information content (AvgIpc) is 3.29. The highest BCUT2D eigenvalue weighted by Gasteiger charge is 2.21. The van der Waals surface area contributed by atoms with E-state index < -0.39 is 17.2 Å². The van der Waals surface area contributed by atoms with Gasteiger partial charge in [-0.15, -0.1) is 0 Å². The summed E-state index contributed by atoms with van der Waals surface area (Å²) in [6.07, 6.45) is 1.49. The molecule has 1 N–H and O–H groups in total. The molecule has 0 saturated carbocycles. The Hall–Kier alpha value is -4.20. The topological polar surface area (TPSA) is 99.1 Å². The molecule has 0 spiro atoms. The van der Waals surface area contributed by atoms with Crippen molar-refractivity contribution in [2.24, 2.45) is 0 Å². The van der Waals surface area contributed by atoms with E-state index >= 15 is 0 Å². The van der Waals surface area contributed by atoms with Crippen molar-refractivity contribution >= 4 is 5.91 Å². The summed E-state index contributed by atoms with van der Waals surface area (Å²) in [5, 5.41) is 6.78. The fraction of sp³-hybridized carbons (Fsp3) is 0.167. The van der Waals surface area contributed by atoms with Crippen LogP contribution >= 0.6 is 0 Å². The molecular formula is C24H22N4O4. The van der Waals surface area contributed by atoms with Gasteiger partial charge < -0.3 is 9.73 Å². The van der Waals surface area contributed by atoms with Gasteiger partial charge in [0.05, 0.1) is 25.0 Å². The predicted octanol–water partition coefficient (Wildman–Crippen LogP) is 2.58. The zero-order valence-electron chi connectivity index (χ0n) is 17.7. The van der Waals surface area contributed by atoms with Crippen LogP contribution in [0, 0.1) is 13.8 Å². The minimum atomic E-state index is -0.753. The number of rotatable bonds is 6. The Bertz CT molecular complexity index is 1350. The minimum Gasteiger partial charge on any atom is -0.467 e. The number of amides is 1. The maximum Gasteiger partial charge on any atom is 0.352 e. The van der Waals surface area contributed by atoms with Crippen molar-refractivity contribution < 1.29 is 9.21 Å². The van der Waals surface area contributed by atoms with Crippen molar-refractivity contribution in [1.82, 2.24) is 19.7 Å². The number of nitrogens with zero attached hydrogens (tertiary/aromatic N) is 3. The zero-order chi connectivity index (χ0) is 22.7. The van der Waals surface area contributed by atoms with Gasteiger partial charge in [-0.1, -0.05) is 36.4 Å². The number of aromatic nitrogens is 3. The van der Waals surface area contributed by atoms with Crippen molar-refractivity contribution in [2.75, 3.05) is 0 Å².